The van der Waals surface area contributed by atoms with Crippen molar-refractivity contribution in [2.24, 2.45) is 5.92 Å². The van der Waals surface area contributed by atoms with Crippen LogP contribution in [-0.4, -0.2) is 52.7 Å². The fourth-order valence-corrected chi connectivity index (χ4v) is 4.30. The van der Waals surface area contributed by atoms with E-state index in [2.05, 4.69) is 20.2 Å². The summed E-state index contributed by atoms with van der Waals surface area (Å²) in [6.07, 6.45) is 4.40. The van der Waals surface area contributed by atoms with E-state index in [1.807, 2.05) is 55.5 Å². The molecule has 1 fully saturated rings. The van der Waals surface area contributed by atoms with Crippen LogP contribution in [0.4, 0.5) is 17.6 Å². The topological polar surface area (TPSA) is 116 Å². The second-order valence-corrected chi connectivity index (χ2v) is 8.57. The molecule has 1 aliphatic heterocycles. The number of carbonyl (C=O) groups excluding carboxylic acids is 1. The monoisotopic (exact) mass is 500 g/mol. The van der Waals surface area contributed by atoms with E-state index in [-0.39, 0.29) is 11.9 Å². The Kier molecular flexibility index (Phi) is 7.25. The lowest BCUT2D eigenvalue weighted by Crippen LogP contribution is -2.38. The maximum atomic E-state index is 12.2. The molecule has 0 atom stereocenters. The number of esters is 1. The Morgan fingerprint density at radius 3 is 2.62 bits per heavy atom. The minimum Gasteiger partial charge on any atom is -0.496 e. The number of rotatable bonds is 8. The molecular formula is C27H28N6O4. The van der Waals surface area contributed by atoms with E-state index in [0.717, 1.165) is 16.8 Å². The number of methoxy groups -OCH3 is 1. The van der Waals surface area contributed by atoms with E-state index in [4.69, 9.17) is 23.9 Å². The summed E-state index contributed by atoms with van der Waals surface area (Å²) in [5.41, 5.74) is 2.42. The molecule has 37 heavy (non-hydrogen) atoms. The van der Waals surface area contributed by atoms with Crippen molar-refractivity contribution in [3.63, 3.8) is 0 Å². The van der Waals surface area contributed by atoms with Gasteiger partial charge in [-0.2, -0.15) is 15.0 Å². The second-order valence-electron chi connectivity index (χ2n) is 8.57. The zero-order valence-electron chi connectivity index (χ0n) is 20.8. The summed E-state index contributed by atoms with van der Waals surface area (Å²) >= 11 is 0. The Morgan fingerprint density at radius 1 is 1.11 bits per heavy atom. The number of carbonyl (C=O) groups is 1. The molecule has 2 aromatic heterocycles. The number of ether oxygens (including phenoxy) is 2. The van der Waals surface area contributed by atoms with Crippen molar-refractivity contribution >= 4 is 23.6 Å². The number of nitrogens with one attached hydrogen (secondary N) is 1. The molecule has 1 N–H and O–H groups in total. The summed E-state index contributed by atoms with van der Waals surface area (Å²) in [6, 6.07) is 15.4. The lowest BCUT2D eigenvalue weighted by atomic mass is 9.97. The van der Waals surface area contributed by atoms with Gasteiger partial charge in [-0.05, 0) is 31.9 Å². The third kappa shape index (κ3) is 5.53. The zero-order valence-corrected chi connectivity index (χ0v) is 20.8. The van der Waals surface area contributed by atoms with Crippen LogP contribution in [0.15, 0.2) is 65.5 Å². The highest BCUT2D eigenvalue weighted by molar-refractivity contribution is 5.73. The van der Waals surface area contributed by atoms with E-state index in [9.17, 15) is 4.79 Å². The van der Waals surface area contributed by atoms with E-state index >= 15 is 0 Å². The second kappa shape index (κ2) is 11.1. The molecule has 10 nitrogen and oxygen atoms in total. The van der Waals surface area contributed by atoms with E-state index in [1.54, 1.807) is 13.3 Å². The van der Waals surface area contributed by atoms with Crippen LogP contribution in [0.1, 0.15) is 19.8 Å². The van der Waals surface area contributed by atoms with Gasteiger partial charge in [-0.1, -0.05) is 30.3 Å². The molecule has 3 heterocycles. The van der Waals surface area contributed by atoms with Gasteiger partial charge >= 0.3 is 5.97 Å². The number of nitrogens with zero attached hydrogens (tertiary/aromatic N) is 5. The first kappa shape index (κ1) is 24.2. The average Bonchev–Trinajstić information content (AvgIpc) is 3.48. The van der Waals surface area contributed by atoms with E-state index in [0.29, 0.717) is 61.8 Å². The van der Waals surface area contributed by atoms with Crippen LogP contribution >= 0.6 is 0 Å². The van der Waals surface area contributed by atoms with Gasteiger partial charge in [0.05, 0.1) is 31.4 Å². The molecule has 0 radical (unpaired) electrons. The number of anilines is 3. The molecule has 0 amide bonds. The molecular weight excluding hydrogens is 472 g/mol. The predicted molar refractivity (Wildman–Crippen MR) is 139 cm³/mol. The van der Waals surface area contributed by atoms with Gasteiger partial charge < -0.3 is 24.1 Å². The smallest absolute Gasteiger partial charge is 0.309 e. The van der Waals surface area contributed by atoms with Gasteiger partial charge in [-0.3, -0.25) is 4.79 Å². The number of hydrogen-bond acceptors (Lipinski definition) is 10. The highest BCUT2D eigenvalue weighted by Crippen LogP contribution is 2.33. The van der Waals surface area contributed by atoms with Crippen LogP contribution in [0, 0.1) is 5.92 Å². The molecule has 0 aliphatic carbocycles. The number of oxazole rings is 1. The molecule has 1 aliphatic rings. The number of aromatic nitrogens is 4. The van der Waals surface area contributed by atoms with Crippen LogP contribution in [0.5, 0.6) is 5.75 Å². The number of hydrogen-bond donors (Lipinski definition) is 1. The van der Waals surface area contributed by atoms with Crippen molar-refractivity contribution in [3.05, 3.63) is 61.1 Å². The molecule has 0 bridgehead atoms. The van der Waals surface area contributed by atoms with Gasteiger partial charge in [0.1, 0.15) is 5.75 Å². The first-order valence-corrected chi connectivity index (χ1v) is 12.2. The van der Waals surface area contributed by atoms with E-state index in [1.165, 1.54) is 6.39 Å². The minimum atomic E-state index is -0.132. The highest BCUT2D eigenvalue weighted by Gasteiger charge is 2.28. The van der Waals surface area contributed by atoms with Crippen molar-refractivity contribution in [2.45, 2.75) is 19.8 Å². The Bertz CT molecular complexity index is 1340. The predicted octanol–water partition coefficient (Wildman–Crippen LogP) is 4.73. The van der Waals surface area contributed by atoms with Gasteiger partial charge in [0.15, 0.2) is 18.0 Å². The molecule has 190 valence electrons. The molecule has 0 spiro atoms. The van der Waals surface area contributed by atoms with Crippen molar-refractivity contribution in [2.75, 3.05) is 37.0 Å². The van der Waals surface area contributed by atoms with Crippen LogP contribution in [-0.2, 0) is 9.53 Å². The maximum Gasteiger partial charge on any atom is 0.309 e. The van der Waals surface area contributed by atoms with Crippen molar-refractivity contribution in [1.29, 1.82) is 0 Å². The molecule has 4 aromatic rings. The van der Waals surface area contributed by atoms with E-state index < -0.39 is 0 Å². The fraction of sp³-hybridized carbons (Fsp3) is 0.296. The van der Waals surface area contributed by atoms with Crippen molar-refractivity contribution in [1.82, 2.24) is 19.9 Å². The van der Waals surface area contributed by atoms with Crippen LogP contribution in [0.3, 0.4) is 0 Å². The highest BCUT2D eigenvalue weighted by atomic mass is 16.5. The summed E-state index contributed by atoms with van der Waals surface area (Å²) in [4.78, 5) is 32.4. The Morgan fingerprint density at radius 2 is 1.92 bits per heavy atom. The molecule has 0 unspecified atom stereocenters. The molecule has 1 saturated heterocycles. The van der Waals surface area contributed by atoms with Gasteiger partial charge in [-0.15, -0.1) is 0 Å². The summed E-state index contributed by atoms with van der Waals surface area (Å²) in [5.74, 6) is 2.54. The first-order chi connectivity index (χ1) is 18.1. The van der Waals surface area contributed by atoms with Gasteiger partial charge in [-0.25, -0.2) is 4.98 Å². The Labute approximate surface area is 214 Å². The largest absolute Gasteiger partial charge is 0.496 e. The quantitative estimate of drug-likeness (QED) is 0.341. The summed E-state index contributed by atoms with van der Waals surface area (Å²) in [5, 5.41) is 3.30. The zero-order chi connectivity index (χ0) is 25.6. The maximum absolute atomic E-state index is 12.2. The Hall–Kier alpha value is -4.47. The van der Waals surface area contributed by atoms with Crippen LogP contribution in [0.25, 0.3) is 22.7 Å². The van der Waals surface area contributed by atoms with Gasteiger partial charge in [0.2, 0.25) is 11.9 Å². The van der Waals surface area contributed by atoms with Crippen molar-refractivity contribution in [3.8, 4) is 28.5 Å². The summed E-state index contributed by atoms with van der Waals surface area (Å²) in [6.45, 7) is 3.53. The standard InChI is InChI=1S/C27H28N6O4/c1-3-36-25(34)19-11-13-33(14-12-19)27-31-24(18-7-5-4-6-8-18)30-26(32-27)29-20-9-10-21(22(15-20)35-2)23-16-28-17-37-23/h4-10,15-17,19H,3,11-14H2,1-2H3,(H,29,30,31,32). The third-order valence-electron chi connectivity index (χ3n) is 6.21. The molecule has 5 rings (SSSR count). The minimum absolute atomic E-state index is 0.0976. The molecule has 10 heteroatoms. The van der Waals surface area contributed by atoms with Crippen LogP contribution < -0.4 is 15.0 Å². The van der Waals surface area contributed by atoms with Gasteiger partial charge in [0, 0.05) is 30.4 Å². The van der Waals surface area contributed by atoms with Gasteiger partial charge in [0.25, 0.3) is 0 Å². The Balaban J connectivity index is 1.43. The van der Waals surface area contributed by atoms with Crippen molar-refractivity contribution < 1.29 is 18.7 Å². The SMILES string of the molecule is CCOC(=O)C1CCN(c2nc(Nc3ccc(-c4cnco4)c(OC)c3)nc(-c3ccccc3)n2)CC1. The normalized spacial score (nSPS) is 13.8. The third-order valence-corrected chi connectivity index (χ3v) is 6.21. The lowest BCUT2D eigenvalue weighted by molar-refractivity contribution is -0.148. The fourth-order valence-electron chi connectivity index (χ4n) is 4.30. The summed E-state index contributed by atoms with van der Waals surface area (Å²) in [7, 11) is 1.60. The molecule has 2 aromatic carbocycles. The summed E-state index contributed by atoms with van der Waals surface area (Å²) < 4.78 is 16.2. The average molecular weight is 501 g/mol. The van der Waals surface area contributed by atoms with Crippen LogP contribution in [0.2, 0.25) is 0 Å². The number of benzene rings is 2. The molecule has 0 saturated carbocycles. The first-order valence-electron chi connectivity index (χ1n) is 12.2. The number of piperidine rings is 1. The lowest BCUT2D eigenvalue weighted by Gasteiger charge is -2.31.